The summed E-state index contributed by atoms with van der Waals surface area (Å²) in [4.78, 5) is 0. The molecule has 2 atom stereocenters. The second kappa shape index (κ2) is 6.91. The van der Waals surface area contributed by atoms with Crippen LogP contribution in [0, 0.1) is 17.8 Å². The highest BCUT2D eigenvalue weighted by Crippen LogP contribution is 2.31. The van der Waals surface area contributed by atoms with E-state index in [1.54, 1.807) is 0 Å². The van der Waals surface area contributed by atoms with Crippen LogP contribution in [-0.4, -0.2) is 23.8 Å². The second-order valence-electron chi connectivity index (χ2n) is 6.88. The van der Waals surface area contributed by atoms with Gasteiger partial charge in [0.05, 0.1) is 6.10 Å². The van der Waals surface area contributed by atoms with Crippen molar-refractivity contribution in [3.8, 4) is 0 Å². The van der Waals surface area contributed by atoms with Gasteiger partial charge in [-0.3, -0.25) is 0 Å². The van der Waals surface area contributed by atoms with Gasteiger partial charge in [0.1, 0.15) is 0 Å². The largest absolute Gasteiger partial charge is 0.393 e. The van der Waals surface area contributed by atoms with Crippen LogP contribution in [0.5, 0.6) is 0 Å². The van der Waals surface area contributed by atoms with E-state index in [9.17, 15) is 5.11 Å². The third kappa shape index (κ3) is 3.96. The SMILES string of the molecule is CC(C)C1CCCCC1NCC1CCC(O)CC1. The molecular weight excluding hydrogens is 222 g/mol. The molecule has 2 aliphatic rings. The predicted octanol–water partition coefficient (Wildman–Crippen LogP) is 3.34. The van der Waals surface area contributed by atoms with E-state index in [4.69, 9.17) is 0 Å². The molecular formula is C16H31NO. The van der Waals surface area contributed by atoms with Crippen LogP contribution in [0.1, 0.15) is 65.2 Å². The molecule has 106 valence electrons. The number of hydrogen-bond acceptors (Lipinski definition) is 2. The average Bonchev–Trinajstić information content (AvgIpc) is 2.38. The molecule has 0 aromatic heterocycles. The van der Waals surface area contributed by atoms with Gasteiger partial charge in [-0.15, -0.1) is 0 Å². The zero-order chi connectivity index (χ0) is 13.0. The second-order valence-corrected chi connectivity index (χ2v) is 6.88. The lowest BCUT2D eigenvalue weighted by Gasteiger charge is -2.36. The van der Waals surface area contributed by atoms with Gasteiger partial charge in [0, 0.05) is 6.04 Å². The Kier molecular flexibility index (Phi) is 5.50. The molecule has 0 heterocycles. The summed E-state index contributed by atoms with van der Waals surface area (Å²) in [5, 5.41) is 13.4. The van der Waals surface area contributed by atoms with Crippen molar-refractivity contribution in [3.63, 3.8) is 0 Å². The van der Waals surface area contributed by atoms with Gasteiger partial charge in [0.2, 0.25) is 0 Å². The monoisotopic (exact) mass is 253 g/mol. The maximum absolute atomic E-state index is 9.54. The van der Waals surface area contributed by atoms with Crippen LogP contribution in [0.2, 0.25) is 0 Å². The Morgan fingerprint density at radius 2 is 1.67 bits per heavy atom. The molecule has 0 saturated heterocycles. The fourth-order valence-electron chi connectivity index (χ4n) is 3.88. The standard InChI is InChI=1S/C16H31NO/c1-12(2)15-5-3-4-6-16(15)17-11-13-7-9-14(18)10-8-13/h12-18H,3-11H2,1-2H3. The molecule has 2 aliphatic carbocycles. The minimum atomic E-state index is -0.0145. The van der Waals surface area contributed by atoms with Crippen LogP contribution in [0.3, 0.4) is 0 Å². The van der Waals surface area contributed by atoms with Gasteiger partial charge < -0.3 is 10.4 Å². The minimum absolute atomic E-state index is 0.0145. The van der Waals surface area contributed by atoms with E-state index in [0.29, 0.717) is 0 Å². The summed E-state index contributed by atoms with van der Waals surface area (Å²) in [5.41, 5.74) is 0. The van der Waals surface area contributed by atoms with Gasteiger partial charge in [0.15, 0.2) is 0 Å². The smallest absolute Gasteiger partial charge is 0.0540 e. The lowest BCUT2D eigenvalue weighted by Crippen LogP contribution is -2.43. The van der Waals surface area contributed by atoms with Crippen molar-refractivity contribution >= 4 is 0 Å². The van der Waals surface area contributed by atoms with Crippen LogP contribution in [0.25, 0.3) is 0 Å². The molecule has 18 heavy (non-hydrogen) atoms. The van der Waals surface area contributed by atoms with Crippen molar-refractivity contribution in [1.82, 2.24) is 5.32 Å². The fraction of sp³-hybridized carbons (Fsp3) is 1.00. The maximum atomic E-state index is 9.54. The van der Waals surface area contributed by atoms with E-state index >= 15 is 0 Å². The third-order valence-electron chi connectivity index (χ3n) is 5.16. The highest BCUT2D eigenvalue weighted by molar-refractivity contribution is 4.84. The molecule has 0 amide bonds. The van der Waals surface area contributed by atoms with Crippen LogP contribution >= 0.6 is 0 Å². The Bertz CT molecular complexity index is 233. The van der Waals surface area contributed by atoms with Crippen LogP contribution in [0.4, 0.5) is 0 Å². The normalized spacial score (nSPS) is 38.0. The molecule has 2 N–H and O–H groups in total. The molecule has 2 rings (SSSR count). The van der Waals surface area contributed by atoms with Gasteiger partial charge >= 0.3 is 0 Å². The summed E-state index contributed by atoms with van der Waals surface area (Å²) in [6.07, 6.45) is 10.1. The van der Waals surface area contributed by atoms with Gasteiger partial charge in [-0.05, 0) is 62.8 Å². The summed E-state index contributed by atoms with van der Waals surface area (Å²) in [7, 11) is 0. The van der Waals surface area contributed by atoms with Gasteiger partial charge in [-0.25, -0.2) is 0 Å². The fourth-order valence-corrected chi connectivity index (χ4v) is 3.88. The number of rotatable bonds is 4. The summed E-state index contributed by atoms with van der Waals surface area (Å²) in [5.74, 6) is 2.51. The molecule has 0 aliphatic heterocycles. The molecule has 0 aromatic carbocycles. The minimum Gasteiger partial charge on any atom is -0.393 e. The van der Waals surface area contributed by atoms with Crippen LogP contribution in [-0.2, 0) is 0 Å². The molecule has 2 nitrogen and oxygen atoms in total. The van der Waals surface area contributed by atoms with Crippen molar-refractivity contribution in [1.29, 1.82) is 0 Å². The summed E-state index contributed by atoms with van der Waals surface area (Å²) in [6.45, 7) is 5.93. The van der Waals surface area contributed by atoms with Gasteiger partial charge in [0.25, 0.3) is 0 Å². The highest BCUT2D eigenvalue weighted by atomic mass is 16.3. The first-order valence-corrected chi connectivity index (χ1v) is 8.08. The van der Waals surface area contributed by atoms with E-state index < -0.39 is 0 Å². The third-order valence-corrected chi connectivity index (χ3v) is 5.16. The number of aliphatic hydroxyl groups excluding tert-OH is 1. The first kappa shape index (κ1) is 14.3. The van der Waals surface area contributed by atoms with Crippen molar-refractivity contribution in [2.75, 3.05) is 6.54 Å². The van der Waals surface area contributed by atoms with Crippen molar-refractivity contribution in [2.45, 2.75) is 77.4 Å². The number of hydrogen-bond donors (Lipinski definition) is 2. The molecule has 0 radical (unpaired) electrons. The quantitative estimate of drug-likeness (QED) is 0.805. The zero-order valence-electron chi connectivity index (χ0n) is 12.2. The maximum Gasteiger partial charge on any atom is 0.0540 e. The van der Waals surface area contributed by atoms with E-state index in [1.807, 2.05) is 0 Å². The van der Waals surface area contributed by atoms with Crippen molar-refractivity contribution in [2.24, 2.45) is 17.8 Å². The Morgan fingerprint density at radius 1 is 1.00 bits per heavy atom. The zero-order valence-corrected chi connectivity index (χ0v) is 12.2. The van der Waals surface area contributed by atoms with E-state index in [2.05, 4.69) is 19.2 Å². The molecule has 2 unspecified atom stereocenters. The van der Waals surface area contributed by atoms with Gasteiger partial charge in [-0.1, -0.05) is 26.7 Å². The Balaban J connectivity index is 1.74. The number of aliphatic hydroxyl groups is 1. The van der Waals surface area contributed by atoms with Crippen molar-refractivity contribution < 1.29 is 5.11 Å². The van der Waals surface area contributed by atoms with E-state index in [1.165, 1.54) is 45.1 Å². The van der Waals surface area contributed by atoms with E-state index in [0.717, 1.165) is 36.6 Å². The number of nitrogens with one attached hydrogen (secondary N) is 1. The Morgan fingerprint density at radius 3 is 2.33 bits per heavy atom. The highest BCUT2D eigenvalue weighted by Gasteiger charge is 2.28. The van der Waals surface area contributed by atoms with Crippen LogP contribution < -0.4 is 5.32 Å². The topological polar surface area (TPSA) is 32.3 Å². The summed E-state index contributed by atoms with van der Waals surface area (Å²) in [6, 6.07) is 0.755. The van der Waals surface area contributed by atoms with Crippen LogP contribution in [0.15, 0.2) is 0 Å². The molecule has 0 aromatic rings. The summed E-state index contributed by atoms with van der Waals surface area (Å²) < 4.78 is 0. The molecule has 2 heteroatoms. The molecule has 2 saturated carbocycles. The lowest BCUT2D eigenvalue weighted by atomic mass is 9.77. The van der Waals surface area contributed by atoms with Gasteiger partial charge in [-0.2, -0.15) is 0 Å². The summed E-state index contributed by atoms with van der Waals surface area (Å²) >= 11 is 0. The predicted molar refractivity (Wildman–Crippen MR) is 76.6 cm³/mol. The first-order chi connectivity index (χ1) is 8.66. The lowest BCUT2D eigenvalue weighted by molar-refractivity contribution is 0.104. The Labute approximate surface area is 113 Å². The molecule has 0 spiro atoms. The van der Waals surface area contributed by atoms with Crippen molar-refractivity contribution in [3.05, 3.63) is 0 Å². The molecule has 0 bridgehead atoms. The Hall–Kier alpha value is -0.0800. The van der Waals surface area contributed by atoms with E-state index in [-0.39, 0.29) is 6.10 Å². The average molecular weight is 253 g/mol. The first-order valence-electron chi connectivity index (χ1n) is 8.08. The molecule has 2 fully saturated rings.